The Morgan fingerprint density at radius 2 is 2.18 bits per heavy atom. The van der Waals surface area contributed by atoms with E-state index < -0.39 is 10.8 Å². The lowest BCUT2D eigenvalue weighted by Crippen LogP contribution is -2.41. The van der Waals surface area contributed by atoms with E-state index in [9.17, 15) is 14.9 Å². The molecule has 0 radical (unpaired) electrons. The highest BCUT2D eigenvalue weighted by Gasteiger charge is 2.15. The van der Waals surface area contributed by atoms with Gasteiger partial charge in [0.1, 0.15) is 0 Å². The number of carbonyl (C=O) groups is 1. The predicted octanol–water partition coefficient (Wildman–Crippen LogP) is 1.83. The van der Waals surface area contributed by atoms with Crippen molar-refractivity contribution in [2.24, 2.45) is 0 Å². The lowest BCUT2D eigenvalue weighted by atomic mass is 10.1. The maximum Gasteiger partial charge on any atom is 0.270 e. The number of hydrogen-bond donors (Lipinski definition) is 2. The molecular weight excluding hydrogens is 284 g/mol. The third-order valence-corrected chi connectivity index (χ3v) is 3.63. The van der Waals surface area contributed by atoms with Gasteiger partial charge in [-0.05, 0) is 26.0 Å². The molecule has 118 valence electrons. The zero-order valence-corrected chi connectivity index (χ0v) is 12.7. The molecule has 0 saturated carbocycles. The highest BCUT2D eigenvalue weighted by molar-refractivity contribution is 5.94. The van der Waals surface area contributed by atoms with Gasteiger partial charge in [0.05, 0.1) is 4.92 Å². The number of hydrazine groups is 1. The van der Waals surface area contributed by atoms with Gasteiger partial charge >= 0.3 is 0 Å². The fourth-order valence-corrected chi connectivity index (χ4v) is 2.24. The van der Waals surface area contributed by atoms with Crippen molar-refractivity contribution in [2.45, 2.75) is 26.3 Å². The number of nitro benzene ring substituents is 1. The Kier molecular flexibility index (Phi) is 5.11. The fourth-order valence-electron chi connectivity index (χ4n) is 2.24. The van der Waals surface area contributed by atoms with Crippen LogP contribution in [0.25, 0.3) is 0 Å². The summed E-state index contributed by atoms with van der Waals surface area (Å²) in [6.45, 7) is 6.07. The monoisotopic (exact) mass is 304 g/mol. The summed E-state index contributed by atoms with van der Waals surface area (Å²) in [5, 5.41) is 10.7. The molecule has 0 saturated heterocycles. The Labute approximate surface area is 129 Å². The van der Waals surface area contributed by atoms with Gasteiger partial charge in [-0.25, -0.2) is 0 Å². The minimum absolute atomic E-state index is 0.0999. The van der Waals surface area contributed by atoms with Gasteiger partial charge in [-0.3, -0.25) is 25.2 Å². The van der Waals surface area contributed by atoms with Gasteiger partial charge < -0.3 is 5.43 Å². The number of nitrogens with one attached hydrogen (secondary N) is 2. The maximum atomic E-state index is 12.0. The van der Waals surface area contributed by atoms with Gasteiger partial charge in [0.25, 0.3) is 11.6 Å². The number of hydrogen-bond acceptors (Lipinski definition) is 5. The molecular formula is C15H20N4O3. The molecule has 2 rings (SSSR count). The summed E-state index contributed by atoms with van der Waals surface area (Å²) in [4.78, 5) is 24.5. The number of nitro groups is 1. The molecule has 22 heavy (non-hydrogen) atoms. The molecule has 0 fully saturated rings. The maximum absolute atomic E-state index is 12.0. The van der Waals surface area contributed by atoms with Crippen LogP contribution in [0.15, 0.2) is 36.0 Å². The van der Waals surface area contributed by atoms with Crippen molar-refractivity contribution in [2.75, 3.05) is 13.1 Å². The van der Waals surface area contributed by atoms with Crippen molar-refractivity contribution in [3.05, 3.63) is 51.7 Å². The van der Waals surface area contributed by atoms with E-state index in [4.69, 9.17) is 0 Å². The van der Waals surface area contributed by atoms with Crippen LogP contribution in [-0.4, -0.2) is 34.9 Å². The third-order valence-electron chi connectivity index (χ3n) is 3.63. The summed E-state index contributed by atoms with van der Waals surface area (Å²) < 4.78 is 0. The first kappa shape index (κ1) is 16.0. The standard InChI is InChI=1S/C15H20N4O3/c1-11(2)18-8-6-13(7-9-18)16-17-15(20)12-4-3-5-14(10-12)19(21)22/h3-6,10-11,16H,7-9H2,1-2H3,(H,17,20). The van der Waals surface area contributed by atoms with Gasteiger partial charge in [-0.15, -0.1) is 0 Å². The molecule has 1 aliphatic rings. The molecule has 1 aromatic carbocycles. The molecule has 0 bridgehead atoms. The summed E-state index contributed by atoms with van der Waals surface area (Å²) >= 11 is 0. The second-order valence-corrected chi connectivity index (χ2v) is 5.45. The Bertz CT molecular complexity index is 598. The first-order valence-corrected chi connectivity index (χ1v) is 7.21. The average Bonchev–Trinajstić information content (AvgIpc) is 2.53. The Morgan fingerprint density at radius 3 is 2.77 bits per heavy atom. The molecule has 7 heteroatoms. The molecule has 2 N–H and O–H groups in total. The Morgan fingerprint density at radius 1 is 1.41 bits per heavy atom. The third kappa shape index (κ3) is 4.05. The second kappa shape index (κ2) is 7.04. The highest BCUT2D eigenvalue weighted by Crippen LogP contribution is 2.13. The van der Waals surface area contributed by atoms with Crippen LogP contribution in [0.4, 0.5) is 5.69 Å². The smallest absolute Gasteiger partial charge is 0.270 e. The molecule has 1 amide bonds. The zero-order valence-electron chi connectivity index (χ0n) is 12.7. The number of nitrogens with zero attached hydrogens (tertiary/aromatic N) is 2. The van der Waals surface area contributed by atoms with E-state index in [1.54, 1.807) is 6.07 Å². The van der Waals surface area contributed by atoms with Crippen molar-refractivity contribution < 1.29 is 9.72 Å². The molecule has 1 aliphatic heterocycles. The topological polar surface area (TPSA) is 87.5 Å². The predicted molar refractivity (Wildman–Crippen MR) is 83.1 cm³/mol. The highest BCUT2D eigenvalue weighted by atomic mass is 16.6. The molecule has 0 atom stereocenters. The summed E-state index contributed by atoms with van der Waals surface area (Å²) in [7, 11) is 0. The first-order chi connectivity index (χ1) is 10.5. The molecule has 0 unspecified atom stereocenters. The van der Waals surface area contributed by atoms with Crippen molar-refractivity contribution in [3.8, 4) is 0 Å². The normalized spacial score (nSPS) is 15.3. The van der Waals surface area contributed by atoms with Crippen molar-refractivity contribution in [1.29, 1.82) is 0 Å². The molecule has 7 nitrogen and oxygen atoms in total. The number of non-ortho nitro benzene ring substituents is 1. The fraction of sp³-hybridized carbons (Fsp3) is 0.400. The van der Waals surface area contributed by atoms with E-state index in [1.807, 2.05) is 6.08 Å². The average molecular weight is 304 g/mol. The van der Waals surface area contributed by atoms with Crippen LogP contribution < -0.4 is 10.9 Å². The van der Waals surface area contributed by atoms with Gasteiger partial charge in [0.2, 0.25) is 0 Å². The lowest BCUT2D eigenvalue weighted by Gasteiger charge is -2.29. The minimum Gasteiger partial charge on any atom is -0.303 e. The first-order valence-electron chi connectivity index (χ1n) is 7.21. The summed E-state index contributed by atoms with van der Waals surface area (Å²) in [5.74, 6) is -0.393. The SMILES string of the molecule is CC(C)N1CC=C(NNC(=O)c2cccc([N+](=O)[O-])c2)CC1. The number of rotatable bonds is 5. The summed E-state index contributed by atoms with van der Waals surface area (Å²) in [6.07, 6.45) is 2.87. The van der Waals surface area contributed by atoms with Gasteiger partial charge in [0, 0.05) is 48.9 Å². The molecule has 1 heterocycles. The van der Waals surface area contributed by atoms with E-state index >= 15 is 0 Å². The molecule has 0 aromatic heterocycles. The number of carbonyl (C=O) groups excluding carboxylic acids is 1. The zero-order chi connectivity index (χ0) is 16.1. The van der Waals surface area contributed by atoms with Crippen molar-refractivity contribution >= 4 is 11.6 Å². The van der Waals surface area contributed by atoms with Gasteiger partial charge in [-0.1, -0.05) is 6.07 Å². The number of amides is 1. The largest absolute Gasteiger partial charge is 0.303 e. The van der Waals surface area contributed by atoms with Crippen LogP contribution >= 0.6 is 0 Å². The van der Waals surface area contributed by atoms with E-state index in [-0.39, 0.29) is 11.3 Å². The Hall–Kier alpha value is -2.41. The summed E-state index contributed by atoms with van der Waals surface area (Å²) in [6, 6.07) is 6.14. The van der Waals surface area contributed by atoms with Crippen LogP contribution in [-0.2, 0) is 0 Å². The second-order valence-electron chi connectivity index (χ2n) is 5.45. The molecule has 0 spiro atoms. The van der Waals surface area contributed by atoms with E-state index in [2.05, 4.69) is 29.6 Å². The minimum atomic E-state index is -0.519. The van der Waals surface area contributed by atoms with Crippen LogP contribution in [0, 0.1) is 10.1 Å². The van der Waals surface area contributed by atoms with Gasteiger partial charge in [-0.2, -0.15) is 0 Å². The van der Waals surface area contributed by atoms with Crippen LogP contribution in [0.3, 0.4) is 0 Å². The van der Waals surface area contributed by atoms with E-state index in [1.165, 1.54) is 18.2 Å². The van der Waals surface area contributed by atoms with Crippen molar-refractivity contribution in [1.82, 2.24) is 15.8 Å². The summed E-state index contributed by atoms with van der Waals surface area (Å²) in [5.41, 5.74) is 6.58. The lowest BCUT2D eigenvalue weighted by molar-refractivity contribution is -0.384. The molecule has 1 aromatic rings. The van der Waals surface area contributed by atoms with Crippen LogP contribution in [0.2, 0.25) is 0 Å². The Balaban J connectivity index is 1.91. The quantitative estimate of drug-likeness (QED) is 0.640. The van der Waals surface area contributed by atoms with E-state index in [0.717, 1.165) is 25.2 Å². The van der Waals surface area contributed by atoms with Crippen molar-refractivity contribution in [3.63, 3.8) is 0 Å². The van der Waals surface area contributed by atoms with Gasteiger partial charge in [0.15, 0.2) is 0 Å². The van der Waals surface area contributed by atoms with Crippen LogP contribution in [0.5, 0.6) is 0 Å². The number of benzene rings is 1. The van der Waals surface area contributed by atoms with E-state index in [0.29, 0.717) is 6.04 Å². The molecule has 0 aliphatic carbocycles. The van der Waals surface area contributed by atoms with Crippen LogP contribution in [0.1, 0.15) is 30.6 Å².